The molecule has 0 N–H and O–H groups in total. The van der Waals surface area contributed by atoms with E-state index in [2.05, 4.69) is 9.89 Å². The van der Waals surface area contributed by atoms with Gasteiger partial charge in [0, 0.05) is 19.1 Å². The van der Waals surface area contributed by atoms with Crippen molar-refractivity contribution in [3.05, 3.63) is 0 Å². The fourth-order valence-corrected chi connectivity index (χ4v) is 1.87. The Morgan fingerprint density at radius 2 is 2.30 bits per heavy atom. The van der Waals surface area contributed by atoms with Crippen LogP contribution in [0.2, 0.25) is 0 Å². The topological polar surface area (TPSA) is 15.6 Å². The number of nitrogens with zero attached hydrogens (tertiary/aromatic N) is 2. The van der Waals surface area contributed by atoms with Crippen LogP contribution in [0.15, 0.2) is 4.99 Å². The molecular weight excluding hydrogens is 124 g/mol. The molecule has 0 aliphatic carbocycles. The van der Waals surface area contributed by atoms with Gasteiger partial charge in [0.15, 0.2) is 0 Å². The van der Waals surface area contributed by atoms with Crippen molar-refractivity contribution in [2.24, 2.45) is 4.99 Å². The fourth-order valence-electron chi connectivity index (χ4n) is 1.87. The largest absolute Gasteiger partial charge is 0.360 e. The Bertz CT molecular complexity index is 142. The van der Waals surface area contributed by atoms with E-state index < -0.39 is 0 Å². The number of hydrogen-bond acceptors (Lipinski definition) is 2. The Morgan fingerprint density at radius 1 is 1.30 bits per heavy atom. The molecule has 0 aromatic rings. The first-order chi connectivity index (χ1) is 4.97. The molecule has 0 radical (unpaired) electrons. The van der Waals surface area contributed by atoms with E-state index in [0.29, 0.717) is 0 Å². The maximum absolute atomic E-state index is 4.26. The Kier molecular flexibility index (Phi) is 1.61. The normalized spacial score (nSPS) is 32.0. The van der Waals surface area contributed by atoms with Gasteiger partial charge in [0.25, 0.3) is 0 Å². The van der Waals surface area contributed by atoms with Crippen LogP contribution < -0.4 is 0 Å². The molecule has 0 amide bonds. The Hall–Kier alpha value is -0.530. The van der Waals surface area contributed by atoms with Crippen molar-refractivity contribution < 1.29 is 0 Å². The summed E-state index contributed by atoms with van der Waals surface area (Å²) in [6, 6.07) is 0.839. The number of rotatable bonds is 0. The van der Waals surface area contributed by atoms with E-state index in [0.717, 1.165) is 12.6 Å². The standard InChI is InChI=1S/C8H14N2/c1-2-6-10-7-9-5-4-8(10)3-1/h7-8H,1-6H2. The molecule has 0 saturated carbocycles. The molecule has 0 bridgehead atoms. The SMILES string of the molecule is C1=NCCC2CCCCN12. The lowest BCUT2D eigenvalue weighted by atomic mass is 9.99. The maximum Gasteiger partial charge on any atom is 0.0852 e. The summed E-state index contributed by atoms with van der Waals surface area (Å²) in [4.78, 5) is 6.67. The summed E-state index contributed by atoms with van der Waals surface area (Å²) in [7, 11) is 0. The van der Waals surface area contributed by atoms with Gasteiger partial charge in [0.1, 0.15) is 0 Å². The molecule has 1 atom stereocenters. The van der Waals surface area contributed by atoms with E-state index in [1.54, 1.807) is 0 Å². The van der Waals surface area contributed by atoms with Gasteiger partial charge in [-0.25, -0.2) is 0 Å². The molecular formula is C8H14N2. The summed E-state index contributed by atoms with van der Waals surface area (Å²) >= 11 is 0. The number of hydrogen-bond donors (Lipinski definition) is 0. The van der Waals surface area contributed by atoms with Crippen molar-refractivity contribution in [3.8, 4) is 0 Å². The third-order valence-corrected chi connectivity index (χ3v) is 2.49. The molecule has 2 rings (SSSR count). The average Bonchev–Trinajstić information content (AvgIpc) is 2.05. The van der Waals surface area contributed by atoms with E-state index in [-0.39, 0.29) is 0 Å². The third kappa shape index (κ3) is 1.02. The summed E-state index contributed by atoms with van der Waals surface area (Å²) in [6.45, 7) is 2.30. The first kappa shape index (κ1) is 6.20. The lowest BCUT2D eigenvalue weighted by Gasteiger charge is -2.36. The zero-order valence-electron chi connectivity index (χ0n) is 6.29. The van der Waals surface area contributed by atoms with Crippen LogP contribution >= 0.6 is 0 Å². The quantitative estimate of drug-likeness (QED) is 0.492. The van der Waals surface area contributed by atoms with Crippen LogP contribution in [0.1, 0.15) is 25.7 Å². The van der Waals surface area contributed by atoms with Crippen LogP contribution in [-0.4, -0.2) is 30.4 Å². The molecule has 2 nitrogen and oxygen atoms in total. The Balaban J connectivity index is 2.03. The van der Waals surface area contributed by atoms with Gasteiger partial charge in [-0.15, -0.1) is 0 Å². The molecule has 1 saturated heterocycles. The van der Waals surface area contributed by atoms with Crippen molar-refractivity contribution in [3.63, 3.8) is 0 Å². The molecule has 10 heavy (non-hydrogen) atoms. The molecule has 2 heterocycles. The predicted molar refractivity (Wildman–Crippen MR) is 42.3 cm³/mol. The van der Waals surface area contributed by atoms with Crippen molar-refractivity contribution in [1.29, 1.82) is 0 Å². The number of fused-ring (bicyclic) bond motifs is 1. The van der Waals surface area contributed by atoms with Crippen LogP contribution in [0.4, 0.5) is 0 Å². The van der Waals surface area contributed by atoms with Crippen molar-refractivity contribution in [2.45, 2.75) is 31.7 Å². The first-order valence-corrected chi connectivity index (χ1v) is 4.22. The van der Waals surface area contributed by atoms with Crippen LogP contribution in [0.5, 0.6) is 0 Å². The summed E-state index contributed by atoms with van der Waals surface area (Å²) in [5, 5.41) is 0. The van der Waals surface area contributed by atoms with Gasteiger partial charge in [-0.1, -0.05) is 0 Å². The van der Waals surface area contributed by atoms with E-state index in [4.69, 9.17) is 0 Å². The van der Waals surface area contributed by atoms with E-state index in [1.807, 2.05) is 6.34 Å². The fraction of sp³-hybridized carbons (Fsp3) is 0.875. The Morgan fingerprint density at radius 3 is 3.20 bits per heavy atom. The Labute approximate surface area is 61.9 Å². The average molecular weight is 138 g/mol. The monoisotopic (exact) mass is 138 g/mol. The molecule has 2 heteroatoms. The van der Waals surface area contributed by atoms with Gasteiger partial charge in [-0.2, -0.15) is 0 Å². The minimum Gasteiger partial charge on any atom is -0.360 e. The van der Waals surface area contributed by atoms with E-state index in [1.165, 1.54) is 32.2 Å². The van der Waals surface area contributed by atoms with Crippen LogP contribution in [-0.2, 0) is 0 Å². The summed E-state index contributed by atoms with van der Waals surface area (Å²) < 4.78 is 0. The van der Waals surface area contributed by atoms with E-state index in [9.17, 15) is 0 Å². The molecule has 0 spiro atoms. The smallest absolute Gasteiger partial charge is 0.0852 e. The molecule has 0 aromatic carbocycles. The highest BCUT2D eigenvalue weighted by atomic mass is 15.2. The zero-order valence-corrected chi connectivity index (χ0v) is 6.29. The first-order valence-electron chi connectivity index (χ1n) is 4.22. The van der Waals surface area contributed by atoms with Gasteiger partial charge in [-0.3, -0.25) is 4.99 Å². The van der Waals surface area contributed by atoms with Crippen molar-refractivity contribution in [1.82, 2.24) is 4.90 Å². The lowest BCUT2D eigenvalue weighted by molar-refractivity contribution is 0.228. The van der Waals surface area contributed by atoms with E-state index >= 15 is 0 Å². The number of piperidine rings is 1. The van der Waals surface area contributed by atoms with Gasteiger partial charge >= 0.3 is 0 Å². The second kappa shape index (κ2) is 2.60. The minimum atomic E-state index is 0.839. The van der Waals surface area contributed by atoms with Crippen molar-refractivity contribution in [2.75, 3.05) is 13.1 Å². The van der Waals surface area contributed by atoms with Crippen LogP contribution in [0.25, 0.3) is 0 Å². The number of aliphatic imine (C=N–C) groups is 1. The van der Waals surface area contributed by atoms with Gasteiger partial charge in [-0.05, 0) is 25.7 Å². The van der Waals surface area contributed by atoms with Gasteiger partial charge in [0.05, 0.1) is 6.34 Å². The second-order valence-corrected chi connectivity index (χ2v) is 3.20. The summed E-state index contributed by atoms with van der Waals surface area (Å²) in [6.07, 6.45) is 7.52. The summed E-state index contributed by atoms with van der Waals surface area (Å²) in [5.41, 5.74) is 0. The highest BCUT2D eigenvalue weighted by Crippen LogP contribution is 2.19. The van der Waals surface area contributed by atoms with Crippen LogP contribution in [0, 0.1) is 0 Å². The summed E-state index contributed by atoms with van der Waals surface area (Å²) in [5.74, 6) is 0. The molecule has 0 aromatic heterocycles. The highest BCUT2D eigenvalue weighted by molar-refractivity contribution is 5.56. The maximum atomic E-state index is 4.26. The van der Waals surface area contributed by atoms with Crippen molar-refractivity contribution >= 4 is 6.34 Å². The van der Waals surface area contributed by atoms with Gasteiger partial charge in [0.2, 0.25) is 0 Å². The minimum absolute atomic E-state index is 0.839. The molecule has 2 aliphatic rings. The highest BCUT2D eigenvalue weighted by Gasteiger charge is 2.21. The zero-order chi connectivity index (χ0) is 6.81. The molecule has 1 unspecified atom stereocenters. The molecule has 56 valence electrons. The third-order valence-electron chi connectivity index (χ3n) is 2.49. The molecule has 1 fully saturated rings. The molecule has 2 aliphatic heterocycles. The predicted octanol–water partition coefficient (Wildman–Crippen LogP) is 1.27. The second-order valence-electron chi connectivity index (χ2n) is 3.20. The van der Waals surface area contributed by atoms with Crippen LogP contribution in [0.3, 0.4) is 0 Å². The lowest BCUT2D eigenvalue weighted by Crippen LogP contribution is -2.41. The van der Waals surface area contributed by atoms with Gasteiger partial charge < -0.3 is 4.90 Å².